The molecule has 6 aromatic rings. The van der Waals surface area contributed by atoms with E-state index in [4.69, 9.17) is 11.3 Å². The van der Waals surface area contributed by atoms with Crippen LogP contribution in [-0.4, -0.2) is 40.1 Å². The summed E-state index contributed by atoms with van der Waals surface area (Å²) in [7, 11) is 0. The zero-order chi connectivity index (χ0) is 21.2. The smallest absolute Gasteiger partial charge is 0.180 e. The van der Waals surface area contributed by atoms with Gasteiger partial charge in [0.2, 0.25) is 0 Å². The maximum atomic E-state index is 8.50. The van der Waals surface area contributed by atoms with E-state index in [-0.39, 0.29) is 0 Å². The van der Waals surface area contributed by atoms with Crippen LogP contribution in [0.15, 0.2) is 65.8 Å². The van der Waals surface area contributed by atoms with Crippen LogP contribution in [0.5, 0.6) is 0 Å². The summed E-state index contributed by atoms with van der Waals surface area (Å²) in [5, 5.41) is 28.3. The predicted molar refractivity (Wildman–Crippen MR) is 113 cm³/mol. The third kappa shape index (κ3) is 3.13. The van der Waals surface area contributed by atoms with Crippen LogP contribution in [0.2, 0.25) is 0 Å². The Morgan fingerprint density at radius 1 is 0.839 bits per heavy atom. The first-order valence-electron chi connectivity index (χ1n) is 9.24. The number of aromatic nitrogens is 8. The fourth-order valence-corrected chi connectivity index (χ4v) is 3.45. The molecule has 0 fully saturated rings. The first-order valence-corrected chi connectivity index (χ1v) is 9.24. The highest BCUT2D eigenvalue weighted by Gasteiger charge is 2.07. The van der Waals surface area contributed by atoms with E-state index in [1.54, 1.807) is 15.1 Å². The van der Waals surface area contributed by atoms with Gasteiger partial charge in [0.05, 0.1) is 16.7 Å². The van der Waals surface area contributed by atoms with Crippen LogP contribution in [0.3, 0.4) is 0 Å². The van der Waals surface area contributed by atoms with E-state index in [0.717, 1.165) is 33.0 Å². The van der Waals surface area contributed by atoms with Gasteiger partial charge in [0.1, 0.15) is 0 Å². The van der Waals surface area contributed by atoms with E-state index in [1.807, 2.05) is 54.6 Å². The SMILES string of the molecule is NCc1cc2nnnn2c2ccccc12.[N-]=[N+]=Nc1cc2nnnn2c2ccccc12. The molecule has 4 aromatic heterocycles. The fourth-order valence-electron chi connectivity index (χ4n) is 3.45. The lowest BCUT2D eigenvalue weighted by Crippen LogP contribution is -2.00. The summed E-state index contributed by atoms with van der Waals surface area (Å²) in [4.78, 5) is 2.79. The average molecular weight is 410 g/mol. The molecule has 4 heterocycles. The van der Waals surface area contributed by atoms with E-state index in [0.29, 0.717) is 17.9 Å². The van der Waals surface area contributed by atoms with Crippen LogP contribution in [0.25, 0.3) is 43.5 Å². The molecule has 0 saturated carbocycles. The van der Waals surface area contributed by atoms with Gasteiger partial charge in [-0.2, -0.15) is 9.03 Å². The third-order valence-corrected chi connectivity index (χ3v) is 4.82. The Morgan fingerprint density at radius 2 is 1.42 bits per heavy atom. The molecule has 0 aliphatic carbocycles. The van der Waals surface area contributed by atoms with E-state index < -0.39 is 0 Å². The van der Waals surface area contributed by atoms with Crippen LogP contribution in [0.4, 0.5) is 5.69 Å². The Balaban J connectivity index is 0.000000132. The monoisotopic (exact) mass is 410 g/mol. The van der Waals surface area contributed by atoms with Crippen molar-refractivity contribution in [1.29, 1.82) is 0 Å². The lowest BCUT2D eigenvalue weighted by Gasteiger charge is -2.04. The number of azide groups is 1. The minimum atomic E-state index is 0.490. The number of para-hydroxylation sites is 2. The quantitative estimate of drug-likeness (QED) is 0.261. The number of pyridine rings is 2. The minimum absolute atomic E-state index is 0.490. The molecule has 0 aliphatic rings. The summed E-state index contributed by atoms with van der Waals surface area (Å²) < 4.78 is 3.32. The van der Waals surface area contributed by atoms with Crippen molar-refractivity contribution in [3.8, 4) is 0 Å². The topological polar surface area (TPSA) is 161 Å². The second-order valence-electron chi connectivity index (χ2n) is 6.52. The number of hydrogen-bond donors (Lipinski definition) is 1. The Morgan fingerprint density at radius 3 is 2.06 bits per heavy atom. The van der Waals surface area contributed by atoms with E-state index >= 15 is 0 Å². The van der Waals surface area contributed by atoms with Crippen LogP contribution >= 0.6 is 0 Å². The first kappa shape index (κ1) is 18.4. The summed E-state index contributed by atoms with van der Waals surface area (Å²) in [5.74, 6) is 0. The molecular weight excluding hydrogens is 396 g/mol. The number of fused-ring (bicyclic) bond motifs is 6. The first-order chi connectivity index (χ1) is 15.3. The molecule has 0 aliphatic heterocycles. The molecule has 0 amide bonds. The second-order valence-corrected chi connectivity index (χ2v) is 6.52. The average Bonchev–Trinajstić information content (AvgIpc) is 3.49. The maximum Gasteiger partial charge on any atom is 0.180 e. The Kier molecular flexibility index (Phi) is 4.52. The van der Waals surface area contributed by atoms with Crippen molar-refractivity contribution in [2.24, 2.45) is 10.8 Å². The van der Waals surface area contributed by atoms with Crippen molar-refractivity contribution in [3.05, 3.63) is 76.7 Å². The van der Waals surface area contributed by atoms with Crippen LogP contribution in [-0.2, 0) is 6.54 Å². The lowest BCUT2D eigenvalue weighted by atomic mass is 10.1. The number of nitrogens with zero attached hydrogens (tertiary/aromatic N) is 11. The fraction of sp³-hybridized carbons (Fsp3) is 0.0526. The molecule has 0 saturated heterocycles. The van der Waals surface area contributed by atoms with Gasteiger partial charge in [-0.3, -0.25) is 0 Å². The van der Waals surface area contributed by atoms with Crippen molar-refractivity contribution in [1.82, 2.24) is 40.1 Å². The molecule has 6 rings (SSSR count). The third-order valence-electron chi connectivity index (χ3n) is 4.82. The number of hydrogen-bond acceptors (Lipinski definition) is 8. The van der Waals surface area contributed by atoms with Gasteiger partial charge >= 0.3 is 0 Å². The molecular formula is C19H14N12. The molecule has 0 bridgehead atoms. The molecule has 0 spiro atoms. The van der Waals surface area contributed by atoms with Gasteiger partial charge in [0.25, 0.3) is 0 Å². The van der Waals surface area contributed by atoms with Crippen LogP contribution < -0.4 is 5.73 Å². The molecule has 0 atom stereocenters. The summed E-state index contributed by atoms with van der Waals surface area (Å²) in [5.41, 5.74) is 18.9. The maximum absolute atomic E-state index is 8.50. The van der Waals surface area contributed by atoms with Crippen molar-refractivity contribution in [2.45, 2.75) is 6.54 Å². The largest absolute Gasteiger partial charge is 0.326 e. The standard InChI is InChI=1S/C10H9N5.C9H5N7/c11-6-7-5-10-12-13-14-15(10)9-4-2-1-3-8(7)9;10-13-11-7-5-9-12-14-15-16(9)8-4-2-1-3-6(7)8/h1-5H,6,11H2;1-5H. The van der Waals surface area contributed by atoms with Crippen molar-refractivity contribution >= 4 is 38.8 Å². The van der Waals surface area contributed by atoms with Gasteiger partial charge in [-0.25, -0.2) is 0 Å². The second kappa shape index (κ2) is 7.63. The summed E-state index contributed by atoms with van der Waals surface area (Å²) in [6.07, 6.45) is 0. The van der Waals surface area contributed by atoms with Gasteiger partial charge < -0.3 is 5.73 Å². The van der Waals surface area contributed by atoms with Gasteiger partial charge in [-0.05, 0) is 56.2 Å². The number of rotatable bonds is 2. The van der Waals surface area contributed by atoms with Gasteiger partial charge in [0, 0.05) is 22.2 Å². The summed E-state index contributed by atoms with van der Waals surface area (Å²) >= 11 is 0. The highest BCUT2D eigenvalue weighted by atomic mass is 15.5. The van der Waals surface area contributed by atoms with Crippen LogP contribution in [0, 0.1) is 0 Å². The minimum Gasteiger partial charge on any atom is -0.326 e. The Hall–Kier alpha value is -4.67. The van der Waals surface area contributed by atoms with Gasteiger partial charge in [-0.15, -0.1) is 10.2 Å². The summed E-state index contributed by atoms with van der Waals surface area (Å²) in [6, 6.07) is 19.0. The molecule has 31 heavy (non-hydrogen) atoms. The molecule has 2 N–H and O–H groups in total. The number of tetrazole rings is 2. The lowest BCUT2D eigenvalue weighted by molar-refractivity contribution is 0.841. The summed E-state index contributed by atoms with van der Waals surface area (Å²) in [6.45, 7) is 0.490. The number of benzene rings is 2. The molecule has 0 unspecified atom stereocenters. The van der Waals surface area contributed by atoms with Crippen molar-refractivity contribution in [3.63, 3.8) is 0 Å². The van der Waals surface area contributed by atoms with Gasteiger partial charge in [0.15, 0.2) is 11.3 Å². The normalized spacial score (nSPS) is 10.9. The Labute approximate surface area is 173 Å². The van der Waals surface area contributed by atoms with Crippen molar-refractivity contribution in [2.75, 3.05) is 0 Å². The van der Waals surface area contributed by atoms with E-state index in [1.165, 1.54) is 0 Å². The molecule has 2 aromatic carbocycles. The number of nitrogens with two attached hydrogens (primary N) is 1. The Bertz CT molecular complexity index is 1590. The van der Waals surface area contributed by atoms with Gasteiger partial charge in [-0.1, -0.05) is 41.5 Å². The highest BCUT2D eigenvalue weighted by Crippen LogP contribution is 2.27. The van der Waals surface area contributed by atoms with E-state index in [2.05, 4.69) is 41.1 Å². The highest BCUT2D eigenvalue weighted by molar-refractivity contribution is 5.92. The van der Waals surface area contributed by atoms with E-state index in [9.17, 15) is 0 Å². The van der Waals surface area contributed by atoms with Crippen molar-refractivity contribution < 1.29 is 0 Å². The molecule has 12 nitrogen and oxygen atoms in total. The molecule has 150 valence electrons. The molecule has 0 radical (unpaired) electrons. The zero-order valence-corrected chi connectivity index (χ0v) is 16.0. The zero-order valence-electron chi connectivity index (χ0n) is 16.0. The van der Waals surface area contributed by atoms with Crippen LogP contribution in [0.1, 0.15) is 5.56 Å². The predicted octanol–water partition coefficient (Wildman–Crippen LogP) is 2.96. The molecule has 12 heteroatoms.